The van der Waals surface area contributed by atoms with Crippen molar-refractivity contribution in [2.24, 2.45) is 11.8 Å². The molecular formula is C21H27NO4. The Morgan fingerprint density at radius 2 is 2.08 bits per heavy atom. The number of hydrogen-bond donors (Lipinski definition) is 2. The molecule has 5 nitrogen and oxygen atoms in total. The number of hydrogen-bond acceptors (Lipinski definition) is 4. The van der Waals surface area contributed by atoms with Crippen molar-refractivity contribution in [2.45, 2.75) is 68.6 Å². The molecule has 1 spiro atoms. The number of phenolic OH excluding ortho intramolecular Hbond substituents is 1. The topological polar surface area (TPSA) is 72.8 Å². The van der Waals surface area contributed by atoms with Gasteiger partial charge in [-0.25, -0.2) is 0 Å². The van der Waals surface area contributed by atoms with Gasteiger partial charge in [0.2, 0.25) is 0 Å². The highest BCUT2D eigenvalue weighted by molar-refractivity contribution is 5.62. The molecule has 5 heteroatoms. The predicted octanol–water partition coefficient (Wildman–Crippen LogP) is 2.61. The number of benzene rings is 1. The normalized spacial score (nSPS) is 48.0. The smallest absolute Gasteiger partial charge is 0.165 e. The summed E-state index contributed by atoms with van der Waals surface area (Å²) in [5.74, 6) is 1.60. The molecule has 1 unspecified atom stereocenters. The second-order valence-corrected chi connectivity index (χ2v) is 9.67. The van der Waals surface area contributed by atoms with Crippen LogP contribution in [0.1, 0.15) is 50.2 Å². The van der Waals surface area contributed by atoms with E-state index in [-0.39, 0.29) is 22.5 Å². The van der Waals surface area contributed by atoms with E-state index in [0.29, 0.717) is 49.9 Å². The fourth-order valence-corrected chi connectivity index (χ4v) is 7.01. The average molecular weight is 357 g/mol. The molecule has 1 saturated heterocycles. The lowest BCUT2D eigenvalue weighted by Gasteiger charge is -2.68. The van der Waals surface area contributed by atoms with E-state index in [9.17, 15) is 15.4 Å². The molecule has 6 atom stereocenters. The Labute approximate surface area is 153 Å². The van der Waals surface area contributed by atoms with Crippen molar-refractivity contribution >= 4 is 0 Å². The van der Waals surface area contributed by atoms with Crippen molar-refractivity contribution in [2.75, 3.05) is 13.1 Å². The summed E-state index contributed by atoms with van der Waals surface area (Å²) < 4.78 is 6.09. The van der Waals surface area contributed by atoms with Crippen LogP contribution in [0.2, 0.25) is 0 Å². The first kappa shape index (κ1) is 15.7. The Balaban J connectivity index is 1.59. The second kappa shape index (κ2) is 4.57. The number of rotatable bonds is 2. The highest BCUT2D eigenvalue weighted by atomic mass is 16.6. The quantitative estimate of drug-likeness (QED) is 0.630. The monoisotopic (exact) mass is 357 g/mol. The minimum Gasteiger partial charge on any atom is -0.632 e. The van der Waals surface area contributed by atoms with Crippen LogP contribution in [-0.4, -0.2) is 45.7 Å². The molecule has 0 radical (unpaired) electrons. The maximum absolute atomic E-state index is 13.9. The Bertz CT molecular complexity index is 807. The molecule has 1 aromatic carbocycles. The van der Waals surface area contributed by atoms with E-state index in [2.05, 4.69) is 6.92 Å². The molecule has 0 aromatic heterocycles. The van der Waals surface area contributed by atoms with E-state index in [1.807, 2.05) is 6.07 Å². The first-order chi connectivity index (χ1) is 12.4. The zero-order chi connectivity index (χ0) is 17.9. The zero-order valence-electron chi connectivity index (χ0n) is 15.3. The van der Waals surface area contributed by atoms with Gasteiger partial charge in [0.25, 0.3) is 0 Å². The average Bonchev–Trinajstić information content (AvgIpc) is 3.32. The maximum atomic E-state index is 13.9. The van der Waals surface area contributed by atoms with Crippen molar-refractivity contribution in [1.29, 1.82) is 0 Å². The summed E-state index contributed by atoms with van der Waals surface area (Å²) in [5.41, 5.74) is 0.584. The Hall–Kier alpha value is -1.30. The van der Waals surface area contributed by atoms with Crippen LogP contribution in [0.4, 0.5) is 0 Å². The summed E-state index contributed by atoms with van der Waals surface area (Å²) in [7, 11) is 0. The van der Waals surface area contributed by atoms with Crippen molar-refractivity contribution in [1.82, 2.24) is 0 Å². The Morgan fingerprint density at radius 1 is 1.27 bits per heavy atom. The summed E-state index contributed by atoms with van der Waals surface area (Å²) in [6.07, 6.45) is 4.98. The predicted molar refractivity (Wildman–Crippen MR) is 95.7 cm³/mol. The van der Waals surface area contributed by atoms with Gasteiger partial charge in [0.1, 0.15) is 17.7 Å². The van der Waals surface area contributed by atoms with Gasteiger partial charge in [-0.05, 0) is 43.2 Å². The van der Waals surface area contributed by atoms with Crippen LogP contribution in [0.15, 0.2) is 12.1 Å². The van der Waals surface area contributed by atoms with E-state index in [0.717, 1.165) is 30.4 Å². The Kier molecular flexibility index (Phi) is 2.76. The molecule has 2 saturated carbocycles. The molecule has 26 heavy (non-hydrogen) atoms. The summed E-state index contributed by atoms with van der Waals surface area (Å²) in [6.45, 7) is 3.40. The molecule has 2 heterocycles. The van der Waals surface area contributed by atoms with Crippen molar-refractivity contribution in [3.63, 3.8) is 0 Å². The lowest BCUT2D eigenvalue weighted by molar-refractivity contribution is -0.924. The summed E-state index contributed by atoms with van der Waals surface area (Å²) in [5, 5.41) is 36.5. The molecule has 2 aliphatic heterocycles. The fourth-order valence-electron chi connectivity index (χ4n) is 7.01. The minimum atomic E-state index is -1.02. The lowest BCUT2D eigenvalue weighted by atomic mass is 9.47. The number of likely N-dealkylation sites (tertiary alicyclic amines) is 1. The number of aliphatic hydroxyl groups is 1. The van der Waals surface area contributed by atoms with Crippen molar-refractivity contribution in [3.8, 4) is 11.5 Å². The first-order valence-corrected chi connectivity index (χ1v) is 10.2. The lowest BCUT2D eigenvalue weighted by Crippen LogP contribution is -2.80. The van der Waals surface area contributed by atoms with Gasteiger partial charge in [0.05, 0.1) is 18.5 Å². The van der Waals surface area contributed by atoms with Crippen LogP contribution in [0, 0.1) is 17.0 Å². The molecule has 3 aliphatic carbocycles. The molecular weight excluding hydrogens is 330 g/mol. The number of quaternary nitrogens is 1. The minimum absolute atomic E-state index is 0.138. The van der Waals surface area contributed by atoms with Gasteiger partial charge < -0.3 is 24.8 Å². The molecule has 2 bridgehead atoms. The van der Waals surface area contributed by atoms with Gasteiger partial charge in [-0.1, -0.05) is 13.0 Å². The van der Waals surface area contributed by atoms with Crippen LogP contribution < -0.4 is 4.74 Å². The van der Waals surface area contributed by atoms with Gasteiger partial charge in [0, 0.05) is 24.3 Å². The van der Waals surface area contributed by atoms with Crippen LogP contribution in [0.3, 0.4) is 0 Å². The SMILES string of the molecule is C[C@H]1CCC2(O)[C@H]3Cc4ccc(O)c5c4[C@@]2(CC[N@+]3([O-])CC2CC2)[C@H]1O5. The Morgan fingerprint density at radius 3 is 2.85 bits per heavy atom. The third-order valence-corrected chi connectivity index (χ3v) is 8.35. The number of piperidine rings is 1. The van der Waals surface area contributed by atoms with Crippen LogP contribution in [0.25, 0.3) is 0 Å². The molecule has 3 fully saturated rings. The summed E-state index contributed by atoms with van der Waals surface area (Å²) in [6, 6.07) is 3.35. The largest absolute Gasteiger partial charge is 0.632 e. The third kappa shape index (κ3) is 1.60. The fraction of sp³-hybridized carbons (Fsp3) is 0.714. The van der Waals surface area contributed by atoms with Crippen LogP contribution in [0.5, 0.6) is 11.5 Å². The molecule has 140 valence electrons. The number of ether oxygens (including phenoxy) is 1. The highest BCUT2D eigenvalue weighted by Gasteiger charge is 2.75. The van der Waals surface area contributed by atoms with Crippen molar-refractivity contribution < 1.29 is 19.6 Å². The van der Waals surface area contributed by atoms with Gasteiger partial charge in [-0.2, -0.15) is 0 Å². The van der Waals surface area contributed by atoms with Crippen LogP contribution in [-0.2, 0) is 11.8 Å². The van der Waals surface area contributed by atoms with Gasteiger partial charge >= 0.3 is 0 Å². The molecule has 1 aromatic rings. The van der Waals surface area contributed by atoms with Gasteiger partial charge in [-0.3, -0.25) is 0 Å². The summed E-state index contributed by atoms with van der Waals surface area (Å²) >= 11 is 0. The maximum Gasteiger partial charge on any atom is 0.165 e. The van der Waals surface area contributed by atoms with Gasteiger partial charge in [-0.15, -0.1) is 0 Å². The van der Waals surface area contributed by atoms with E-state index in [1.165, 1.54) is 0 Å². The van der Waals surface area contributed by atoms with Crippen molar-refractivity contribution in [3.05, 3.63) is 28.5 Å². The van der Waals surface area contributed by atoms with E-state index in [1.54, 1.807) is 6.07 Å². The van der Waals surface area contributed by atoms with Gasteiger partial charge in [0.15, 0.2) is 11.5 Å². The number of aromatic hydroxyl groups is 1. The molecule has 5 aliphatic rings. The number of hydroxylamine groups is 3. The highest BCUT2D eigenvalue weighted by Crippen LogP contribution is 2.67. The van der Waals surface area contributed by atoms with E-state index < -0.39 is 11.0 Å². The van der Waals surface area contributed by atoms with E-state index >= 15 is 0 Å². The molecule has 6 rings (SSSR count). The zero-order valence-corrected chi connectivity index (χ0v) is 15.3. The van der Waals surface area contributed by atoms with Crippen LogP contribution >= 0.6 is 0 Å². The third-order valence-electron chi connectivity index (χ3n) is 8.35. The standard InChI is InChI=1S/C21H27NO4/c1-12-6-7-21(24)16-10-14-4-5-15(23)18-17(14)20(21,19(12)26-18)8-9-22(16,25)11-13-2-3-13/h4-5,12-13,16,19,23-24H,2-3,6-11H2,1H3/t12-,16+,19-,20-,21?,22-/m0/s1. The number of phenols is 1. The van der Waals surface area contributed by atoms with E-state index in [4.69, 9.17) is 4.74 Å². The molecule has 2 N–H and O–H groups in total. The summed E-state index contributed by atoms with van der Waals surface area (Å²) in [4.78, 5) is 0. The molecule has 0 amide bonds. The first-order valence-electron chi connectivity index (χ1n) is 10.2. The second-order valence-electron chi connectivity index (χ2n) is 9.67. The number of nitrogens with zero attached hydrogens (tertiary/aromatic N) is 1.